The quantitative estimate of drug-likeness (QED) is 0.836. The van der Waals surface area contributed by atoms with E-state index in [0.29, 0.717) is 26.2 Å². The maximum absolute atomic E-state index is 12.8. The normalized spacial score (nSPS) is 25.0. The van der Waals surface area contributed by atoms with Crippen LogP contribution in [0.3, 0.4) is 0 Å². The Hall–Kier alpha value is -0.970. The molecule has 1 saturated heterocycles. The third-order valence-corrected chi connectivity index (χ3v) is 2.61. The molecule has 16 heavy (non-hydrogen) atoms. The molecule has 0 amide bonds. The molecule has 0 aliphatic carbocycles. The van der Waals surface area contributed by atoms with E-state index in [4.69, 9.17) is 7.48 Å². The summed E-state index contributed by atoms with van der Waals surface area (Å²) < 4.78 is 32.5. The molecule has 1 aromatic rings. The Morgan fingerprint density at radius 3 is 2.94 bits per heavy atom. The Labute approximate surface area is 97.3 Å². The van der Waals surface area contributed by atoms with E-state index in [2.05, 4.69) is 0 Å². The molecule has 88 valence electrons. The first kappa shape index (κ1) is 9.10. The van der Waals surface area contributed by atoms with Gasteiger partial charge in [-0.3, -0.25) is 4.90 Å². The Morgan fingerprint density at radius 1 is 1.50 bits per heavy atom. The van der Waals surface area contributed by atoms with Crippen molar-refractivity contribution in [3.8, 4) is 0 Å². The zero-order chi connectivity index (χ0) is 13.2. The third-order valence-electron chi connectivity index (χ3n) is 2.61. The zero-order valence-electron chi connectivity index (χ0n) is 10.9. The van der Waals surface area contributed by atoms with Crippen LogP contribution in [-0.4, -0.2) is 42.4 Å². The molecule has 1 N–H and O–H groups in total. The van der Waals surface area contributed by atoms with Crippen LogP contribution in [0.4, 0.5) is 4.39 Å². The molecule has 0 spiro atoms. The second kappa shape index (κ2) is 5.39. The monoisotopic (exact) mass is 227 g/mol. The number of hydrogen-bond acceptors (Lipinski definition) is 3. The summed E-state index contributed by atoms with van der Waals surface area (Å²) in [5.74, 6) is -0.273. The lowest BCUT2D eigenvalue weighted by atomic mass is 10.2. The molecule has 0 radical (unpaired) electrons. The summed E-state index contributed by atoms with van der Waals surface area (Å²) in [5.41, 5.74) is 0.954. The summed E-state index contributed by atoms with van der Waals surface area (Å²) >= 11 is 0. The number of benzene rings is 1. The van der Waals surface area contributed by atoms with Crippen molar-refractivity contribution in [3.05, 3.63) is 35.6 Å². The predicted octanol–water partition coefficient (Wildman–Crippen LogP) is 1.02. The minimum Gasteiger partial charge on any atom is -0.394 e. The highest BCUT2D eigenvalue weighted by Crippen LogP contribution is 2.10. The van der Waals surface area contributed by atoms with Gasteiger partial charge in [0.1, 0.15) is 5.82 Å². The molecular weight excluding hydrogens is 209 g/mol. The zero-order valence-corrected chi connectivity index (χ0v) is 8.90. The van der Waals surface area contributed by atoms with Gasteiger partial charge in [0, 0.05) is 19.6 Å². The minimum atomic E-state index is -2.33. The van der Waals surface area contributed by atoms with Gasteiger partial charge in [0.15, 0.2) is 0 Å². The lowest BCUT2D eigenvalue weighted by Crippen LogP contribution is -2.43. The van der Waals surface area contributed by atoms with Gasteiger partial charge in [0.2, 0.25) is 0 Å². The summed E-state index contributed by atoms with van der Waals surface area (Å²) in [6.07, 6.45) is -0.841. The van der Waals surface area contributed by atoms with Crippen LogP contribution in [0.15, 0.2) is 24.3 Å². The molecule has 1 aliphatic heterocycles. The topological polar surface area (TPSA) is 32.7 Å². The fourth-order valence-electron chi connectivity index (χ4n) is 1.77. The van der Waals surface area contributed by atoms with Crippen molar-refractivity contribution in [2.75, 3.05) is 26.3 Å². The molecule has 0 bridgehead atoms. The minimum absolute atomic E-state index is 0.273. The van der Waals surface area contributed by atoms with Crippen LogP contribution in [0.25, 0.3) is 0 Å². The van der Waals surface area contributed by atoms with Crippen LogP contribution in [0.5, 0.6) is 0 Å². The number of nitrogens with zero attached hydrogens (tertiary/aromatic N) is 1. The van der Waals surface area contributed by atoms with Gasteiger partial charge in [-0.2, -0.15) is 0 Å². The summed E-state index contributed by atoms with van der Waals surface area (Å²) in [4.78, 5) is 1.98. The molecule has 1 aliphatic rings. The van der Waals surface area contributed by atoms with E-state index in [0.717, 1.165) is 5.56 Å². The van der Waals surface area contributed by atoms with Gasteiger partial charge in [-0.1, -0.05) is 12.1 Å². The first-order chi connectivity index (χ1) is 8.45. The van der Waals surface area contributed by atoms with Crippen molar-refractivity contribution in [1.29, 1.82) is 0 Å². The van der Waals surface area contributed by atoms with Gasteiger partial charge in [-0.25, -0.2) is 4.39 Å². The van der Waals surface area contributed by atoms with Gasteiger partial charge >= 0.3 is 0 Å². The van der Waals surface area contributed by atoms with E-state index in [1.807, 2.05) is 4.90 Å². The van der Waals surface area contributed by atoms with Crippen molar-refractivity contribution in [1.82, 2.24) is 4.90 Å². The van der Waals surface area contributed by atoms with Crippen LogP contribution < -0.4 is 0 Å². The van der Waals surface area contributed by atoms with Crippen LogP contribution >= 0.6 is 0 Å². The van der Waals surface area contributed by atoms with Gasteiger partial charge in [-0.05, 0) is 17.7 Å². The van der Waals surface area contributed by atoms with Crippen molar-refractivity contribution in [2.24, 2.45) is 0 Å². The van der Waals surface area contributed by atoms with E-state index in [1.165, 1.54) is 12.1 Å². The number of morpholine rings is 1. The average Bonchev–Trinajstić information content (AvgIpc) is 2.31. The SMILES string of the molecule is [2H]C([2H])(O)C1CN(Cc2ccc(F)cc2)CCO1. The second-order valence-electron chi connectivity index (χ2n) is 3.85. The lowest BCUT2D eigenvalue weighted by molar-refractivity contribution is -0.0551. The van der Waals surface area contributed by atoms with Crippen LogP contribution in [0, 0.1) is 5.82 Å². The van der Waals surface area contributed by atoms with E-state index < -0.39 is 12.7 Å². The standard InChI is InChI=1S/C12H16FNO2/c13-11-3-1-10(2-4-11)7-14-5-6-16-12(8-14)9-15/h1-4,12,15H,5-9H2/i9D2. The first-order valence-corrected chi connectivity index (χ1v) is 5.26. The highest BCUT2D eigenvalue weighted by atomic mass is 19.1. The molecule has 1 fully saturated rings. The maximum atomic E-state index is 12.8. The maximum Gasteiger partial charge on any atom is 0.123 e. The average molecular weight is 227 g/mol. The van der Waals surface area contributed by atoms with Crippen molar-refractivity contribution in [2.45, 2.75) is 12.6 Å². The summed E-state index contributed by atoms with van der Waals surface area (Å²) in [7, 11) is 0. The number of rotatable bonds is 3. The number of ether oxygens (including phenoxy) is 1. The van der Waals surface area contributed by atoms with Crippen molar-refractivity contribution in [3.63, 3.8) is 0 Å². The summed E-state index contributed by atoms with van der Waals surface area (Å²) in [6, 6.07) is 6.21. The lowest BCUT2D eigenvalue weighted by Gasteiger charge is -2.31. The Balaban J connectivity index is 1.95. The largest absolute Gasteiger partial charge is 0.394 e. The Kier molecular flexibility index (Phi) is 3.06. The third kappa shape index (κ3) is 3.01. The highest BCUT2D eigenvalue weighted by Gasteiger charge is 2.19. The summed E-state index contributed by atoms with van der Waals surface area (Å²) in [5, 5.41) is 9.29. The van der Waals surface area contributed by atoms with E-state index in [9.17, 15) is 9.50 Å². The van der Waals surface area contributed by atoms with E-state index >= 15 is 0 Å². The fourth-order valence-corrected chi connectivity index (χ4v) is 1.77. The summed E-state index contributed by atoms with van der Waals surface area (Å²) in [6.45, 7) is -0.367. The highest BCUT2D eigenvalue weighted by molar-refractivity contribution is 5.15. The van der Waals surface area contributed by atoms with Gasteiger partial charge < -0.3 is 9.84 Å². The Morgan fingerprint density at radius 2 is 2.25 bits per heavy atom. The van der Waals surface area contributed by atoms with Crippen molar-refractivity contribution >= 4 is 0 Å². The molecule has 1 heterocycles. The number of hydrogen-bond donors (Lipinski definition) is 1. The molecule has 1 aromatic carbocycles. The number of halogens is 1. The molecule has 2 rings (SSSR count). The molecule has 0 saturated carbocycles. The molecule has 1 unspecified atom stereocenters. The smallest absolute Gasteiger partial charge is 0.123 e. The fraction of sp³-hybridized carbons (Fsp3) is 0.500. The van der Waals surface area contributed by atoms with Gasteiger partial charge in [0.25, 0.3) is 0 Å². The molecule has 3 nitrogen and oxygen atoms in total. The van der Waals surface area contributed by atoms with Crippen LogP contribution in [-0.2, 0) is 11.3 Å². The van der Waals surface area contributed by atoms with E-state index in [-0.39, 0.29) is 5.82 Å². The molecule has 1 atom stereocenters. The first-order valence-electron chi connectivity index (χ1n) is 6.26. The molecular formula is C12H16FNO2. The number of aliphatic hydroxyl groups is 1. The van der Waals surface area contributed by atoms with Gasteiger partial charge in [0.05, 0.1) is 22.0 Å². The van der Waals surface area contributed by atoms with Crippen LogP contribution in [0.2, 0.25) is 0 Å². The van der Waals surface area contributed by atoms with E-state index in [1.54, 1.807) is 12.1 Å². The molecule has 4 heteroatoms. The van der Waals surface area contributed by atoms with Crippen LogP contribution in [0.1, 0.15) is 8.30 Å². The second-order valence-corrected chi connectivity index (χ2v) is 3.85. The molecule has 0 aromatic heterocycles. The Bertz CT molecular complexity index is 394. The van der Waals surface area contributed by atoms with Gasteiger partial charge in [-0.15, -0.1) is 0 Å². The predicted molar refractivity (Wildman–Crippen MR) is 58.5 cm³/mol. The van der Waals surface area contributed by atoms with Crippen molar-refractivity contribution < 1.29 is 17.0 Å².